The molecule has 11 aliphatic heterocycles. The normalized spacial score (nSPS) is 16.9. The summed E-state index contributed by atoms with van der Waals surface area (Å²) in [5.74, 6) is 0. The quantitative estimate of drug-likeness (QED) is 0.141. The van der Waals surface area contributed by atoms with E-state index in [1.54, 1.807) is 10.9 Å². The monoisotopic (exact) mass is 955 g/mol. The SMILES string of the molecule is [B]1c2ccccc2N2c3ccccc3B3c4ccccc4N4CB5c6ccccc6N6CB7CN8c9ccccc9B9c%10ccccc%10N%10c%11ccccc%11B%11CNc%12c%13c%11c%10c9c8c%13c7c7c6c5c5c4c3c2c1c5c%127. The van der Waals surface area contributed by atoms with Crippen LogP contribution in [0.5, 0.6) is 0 Å². The van der Waals surface area contributed by atoms with Gasteiger partial charge >= 0.3 is 0 Å². The van der Waals surface area contributed by atoms with E-state index in [4.69, 9.17) is 0 Å². The molecule has 0 saturated heterocycles. The number of benzene rings is 11. The van der Waals surface area contributed by atoms with Gasteiger partial charge in [-0.05, 0) is 108 Å². The molecule has 22 rings (SSSR count). The van der Waals surface area contributed by atoms with E-state index in [0.717, 1.165) is 25.8 Å². The number of para-hydroxylation sites is 7. The molecule has 0 fully saturated rings. The summed E-state index contributed by atoms with van der Waals surface area (Å²) in [5, 5.41) is 13.2. The van der Waals surface area contributed by atoms with E-state index in [2.05, 4.69) is 207 Å². The molecule has 11 heterocycles. The summed E-state index contributed by atoms with van der Waals surface area (Å²) in [4.78, 5) is 13.9. The van der Waals surface area contributed by atoms with Gasteiger partial charge < -0.3 is 29.8 Å². The second-order valence-corrected chi connectivity index (χ2v) is 23.5. The van der Waals surface area contributed by atoms with Crippen molar-refractivity contribution in [3.63, 3.8) is 0 Å². The van der Waals surface area contributed by atoms with Gasteiger partial charge in [-0.2, -0.15) is 0 Å². The van der Waals surface area contributed by atoms with E-state index >= 15 is 0 Å². The van der Waals surface area contributed by atoms with E-state index in [0.29, 0.717) is 0 Å². The summed E-state index contributed by atoms with van der Waals surface area (Å²) in [6, 6.07) is 65.8. The van der Waals surface area contributed by atoms with Crippen LogP contribution >= 0.6 is 0 Å². The van der Waals surface area contributed by atoms with Gasteiger partial charge in [0.15, 0.2) is 7.28 Å². The maximum atomic E-state index is 4.47. The fourth-order valence-electron chi connectivity index (χ4n) is 18.3. The highest BCUT2D eigenvalue weighted by Gasteiger charge is 2.57. The molecule has 11 aromatic rings. The van der Waals surface area contributed by atoms with Gasteiger partial charge in [0.25, 0.3) is 13.4 Å². The summed E-state index contributed by atoms with van der Waals surface area (Å²) in [6.45, 7) is 0.825. The Morgan fingerprint density at radius 1 is 0.342 bits per heavy atom. The highest BCUT2D eigenvalue weighted by molar-refractivity contribution is 7.05. The molecule has 0 aliphatic carbocycles. The van der Waals surface area contributed by atoms with Crippen LogP contribution < -0.4 is 101 Å². The molecule has 0 aromatic heterocycles. The Balaban J connectivity index is 1.01. The van der Waals surface area contributed by atoms with Crippen LogP contribution in [0.3, 0.4) is 0 Å². The largest absolute Gasteiger partial charge is 0.391 e. The molecular weight excluding hydrogens is 918 g/mol. The summed E-state index contributed by atoms with van der Waals surface area (Å²) in [7, 11) is 2.62. The maximum absolute atomic E-state index is 4.47. The van der Waals surface area contributed by atoms with Crippen LogP contribution in [0.4, 0.5) is 73.9 Å². The van der Waals surface area contributed by atoms with Crippen LogP contribution in [0.1, 0.15) is 0 Å². The zero-order valence-electron chi connectivity index (χ0n) is 41.2. The number of nitrogens with one attached hydrogen (secondary N) is 1. The molecule has 0 bridgehead atoms. The second-order valence-electron chi connectivity index (χ2n) is 23.5. The van der Waals surface area contributed by atoms with Crippen molar-refractivity contribution in [2.45, 2.75) is 0 Å². The standard InChI is InChI=1S/C64H37B6N6/c1-8-22-40-33(15-1)65-53-47-48-51-54-52-49-55-64-58-62(52)73(42-24-10-4-18-36(42)70(58)39-21-7-14-28-46(39)76(64)44-26-12-3-17-35(44)67(55)29-71-59(48)49)31-66(54)30-72-41-23-9-2-16-34(41)68-32-74-43-25-11-5-19-37(43)69-38-20-6-13-27-45(38)75(40)63(53)57(69)61(74)50(47)56(68)60(51)72/h1-28,71H,29-32H2. The van der Waals surface area contributed by atoms with Gasteiger partial charge in [0, 0.05) is 127 Å². The Bertz CT molecular complexity index is 4790. The van der Waals surface area contributed by atoms with Gasteiger partial charge in [-0.1, -0.05) is 138 Å². The zero-order valence-corrected chi connectivity index (χ0v) is 41.2. The van der Waals surface area contributed by atoms with E-state index in [1.165, 1.54) is 166 Å². The molecule has 341 valence electrons. The first-order valence-corrected chi connectivity index (χ1v) is 27.7. The van der Waals surface area contributed by atoms with Gasteiger partial charge in [-0.25, -0.2) is 0 Å². The van der Waals surface area contributed by atoms with Crippen molar-refractivity contribution in [3.8, 4) is 0 Å². The first kappa shape index (κ1) is 38.0. The van der Waals surface area contributed by atoms with Crippen molar-refractivity contribution in [2.24, 2.45) is 0 Å². The molecule has 12 heteroatoms. The molecule has 1 N–H and O–H groups in total. The van der Waals surface area contributed by atoms with E-state index in [9.17, 15) is 0 Å². The molecule has 0 spiro atoms. The highest BCUT2D eigenvalue weighted by Crippen LogP contribution is 2.56. The lowest BCUT2D eigenvalue weighted by atomic mass is 9.28. The molecule has 0 amide bonds. The van der Waals surface area contributed by atoms with Crippen LogP contribution in [-0.4, -0.2) is 66.6 Å². The molecular formula is C64H37B6N6. The van der Waals surface area contributed by atoms with E-state index in [1.807, 2.05) is 0 Å². The zero-order chi connectivity index (χ0) is 48.3. The van der Waals surface area contributed by atoms with Crippen molar-refractivity contribution in [1.29, 1.82) is 0 Å². The number of fused-ring (bicyclic) bond motifs is 23. The lowest BCUT2D eigenvalue weighted by Gasteiger charge is -2.55. The highest BCUT2D eigenvalue weighted by atomic mass is 15.2. The smallest absolute Gasteiger partial charge is 0.252 e. The van der Waals surface area contributed by atoms with Crippen molar-refractivity contribution in [2.75, 3.05) is 55.6 Å². The van der Waals surface area contributed by atoms with Crippen LogP contribution in [0, 0.1) is 0 Å². The number of hydrogen-bond donors (Lipinski definition) is 1. The molecule has 76 heavy (non-hydrogen) atoms. The number of hydrogen-bond acceptors (Lipinski definition) is 6. The first-order valence-electron chi connectivity index (χ1n) is 27.7. The van der Waals surface area contributed by atoms with Crippen molar-refractivity contribution >= 4 is 218 Å². The topological polar surface area (TPSA) is 28.2 Å². The molecule has 1 radical (unpaired) electrons. The Hall–Kier alpha value is -8.61. The average molecular weight is 955 g/mol. The van der Waals surface area contributed by atoms with E-state index < -0.39 is 0 Å². The Morgan fingerprint density at radius 3 is 1.42 bits per heavy atom. The van der Waals surface area contributed by atoms with Gasteiger partial charge in [-0.15, -0.1) is 0 Å². The fourth-order valence-corrected chi connectivity index (χ4v) is 18.3. The molecule has 11 aliphatic rings. The Kier molecular flexibility index (Phi) is 6.20. The molecule has 0 atom stereocenters. The summed E-state index contributed by atoms with van der Waals surface area (Å²) in [5.41, 5.74) is 36.6. The van der Waals surface area contributed by atoms with Crippen LogP contribution in [0.2, 0.25) is 0 Å². The van der Waals surface area contributed by atoms with E-state index in [-0.39, 0.29) is 33.6 Å². The minimum Gasteiger partial charge on any atom is -0.391 e. The predicted octanol–water partition coefficient (Wildman–Crippen LogP) is 3.92. The second kappa shape index (κ2) is 12.4. The predicted molar refractivity (Wildman–Crippen MR) is 327 cm³/mol. The van der Waals surface area contributed by atoms with Gasteiger partial charge in [0.1, 0.15) is 0 Å². The third-order valence-corrected chi connectivity index (χ3v) is 20.6. The molecule has 0 saturated carbocycles. The van der Waals surface area contributed by atoms with Crippen LogP contribution in [0.15, 0.2) is 170 Å². The fraction of sp³-hybridized carbons (Fsp3) is 0.0625. The molecule has 6 nitrogen and oxygen atoms in total. The van der Waals surface area contributed by atoms with Crippen LogP contribution in [0.25, 0.3) is 32.3 Å². The number of nitrogens with zero attached hydrogens (tertiary/aromatic N) is 5. The van der Waals surface area contributed by atoms with Gasteiger partial charge in [0.05, 0.1) is 0 Å². The third kappa shape index (κ3) is 3.85. The minimum absolute atomic E-state index is 0.0914. The van der Waals surface area contributed by atoms with Crippen molar-refractivity contribution < 1.29 is 0 Å². The average Bonchev–Trinajstić information content (AvgIpc) is 2.42. The van der Waals surface area contributed by atoms with Crippen molar-refractivity contribution in [1.82, 2.24) is 0 Å². The first-order chi connectivity index (χ1) is 37.8. The minimum atomic E-state index is 0.0914. The summed E-state index contributed by atoms with van der Waals surface area (Å²) < 4.78 is 0. The summed E-state index contributed by atoms with van der Waals surface area (Å²) >= 11 is 0. The molecule has 0 unspecified atom stereocenters. The third-order valence-electron chi connectivity index (χ3n) is 20.6. The van der Waals surface area contributed by atoms with Gasteiger partial charge in [0.2, 0.25) is 20.1 Å². The maximum Gasteiger partial charge on any atom is 0.252 e. The lowest BCUT2D eigenvalue weighted by Crippen LogP contribution is -2.70. The lowest BCUT2D eigenvalue weighted by molar-refractivity contribution is 1.09. The number of anilines is 13. The Morgan fingerprint density at radius 2 is 0.776 bits per heavy atom. The summed E-state index contributed by atoms with van der Waals surface area (Å²) in [6.07, 6.45) is 3.59. The Labute approximate surface area is 441 Å². The number of rotatable bonds is 0. The molecule has 11 aromatic carbocycles. The van der Waals surface area contributed by atoms with Crippen molar-refractivity contribution in [3.05, 3.63) is 170 Å². The van der Waals surface area contributed by atoms with Gasteiger partial charge in [-0.3, -0.25) is 0 Å². The van der Waals surface area contributed by atoms with Crippen LogP contribution in [-0.2, 0) is 0 Å².